The highest BCUT2D eigenvalue weighted by atomic mass is 16.4. The molecule has 1 atom stereocenters. The van der Waals surface area contributed by atoms with E-state index in [9.17, 15) is 9.59 Å². The minimum atomic E-state index is -1.02. The number of aromatic amines is 1. The molecule has 0 aromatic carbocycles. The van der Waals surface area contributed by atoms with E-state index in [4.69, 9.17) is 5.11 Å². The summed E-state index contributed by atoms with van der Waals surface area (Å²) in [7, 11) is 0. The van der Waals surface area contributed by atoms with Gasteiger partial charge in [0.2, 0.25) is 0 Å². The average molecular weight is 224 g/mol. The van der Waals surface area contributed by atoms with Crippen LogP contribution in [-0.4, -0.2) is 40.5 Å². The minimum Gasteiger partial charge on any atom is -0.465 e. The fourth-order valence-corrected chi connectivity index (χ4v) is 1.83. The summed E-state index contributed by atoms with van der Waals surface area (Å²) in [4.78, 5) is 23.4. The van der Waals surface area contributed by atoms with Crippen molar-refractivity contribution < 1.29 is 9.90 Å². The summed E-state index contributed by atoms with van der Waals surface area (Å²) in [5.41, 5.74) is 0.464. The van der Waals surface area contributed by atoms with Gasteiger partial charge in [-0.2, -0.15) is 5.10 Å². The molecule has 0 aliphatic carbocycles. The maximum atomic E-state index is 11.1. The van der Waals surface area contributed by atoms with Crippen LogP contribution in [0.15, 0.2) is 17.1 Å². The first-order chi connectivity index (χ1) is 7.65. The molecule has 2 rings (SSSR count). The summed E-state index contributed by atoms with van der Waals surface area (Å²) in [5, 5.41) is 17.0. The van der Waals surface area contributed by atoms with Gasteiger partial charge in [0.25, 0.3) is 5.56 Å². The molecule has 0 saturated carbocycles. The van der Waals surface area contributed by atoms with Gasteiger partial charge in [0, 0.05) is 19.2 Å². The third kappa shape index (κ3) is 2.30. The fourth-order valence-electron chi connectivity index (χ4n) is 1.83. The molecule has 3 N–H and O–H groups in total. The summed E-state index contributed by atoms with van der Waals surface area (Å²) < 4.78 is 0. The van der Waals surface area contributed by atoms with Crippen LogP contribution in [0.2, 0.25) is 0 Å². The molecule has 1 aromatic rings. The molecular formula is C9H12N4O3. The van der Waals surface area contributed by atoms with Gasteiger partial charge in [-0.15, -0.1) is 0 Å². The topological polar surface area (TPSA) is 98.3 Å². The van der Waals surface area contributed by atoms with E-state index in [1.807, 2.05) is 4.90 Å². The van der Waals surface area contributed by atoms with Crippen LogP contribution in [0.4, 0.5) is 10.5 Å². The Morgan fingerprint density at radius 2 is 2.50 bits per heavy atom. The molecule has 1 amide bonds. The van der Waals surface area contributed by atoms with Gasteiger partial charge in [-0.05, 0) is 6.42 Å². The van der Waals surface area contributed by atoms with Crippen molar-refractivity contribution in [3.63, 3.8) is 0 Å². The van der Waals surface area contributed by atoms with E-state index in [0.29, 0.717) is 6.54 Å². The van der Waals surface area contributed by atoms with E-state index in [-0.39, 0.29) is 11.6 Å². The van der Waals surface area contributed by atoms with Crippen molar-refractivity contribution in [2.75, 3.05) is 18.0 Å². The number of hydrogen-bond acceptors (Lipinski definition) is 4. The van der Waals surface area contributed by atoms with Gasteiger partial charge in [0.15, 0.2) is 0 Å². The minimum absolute atomic E-state index is 0.0863. The van der Waals surface area contributed by atoms with Gasteiger partial charge in [-0.25, -0.2) is 9.89 Å². The average Bonchev–Trinajstić information content (AvgIpc) is 2.65. The molecule has 1 fully saturated rings. The molecule has 0 spiro atoms. The Kier molecular flexibility index (Phi) is 2.76. The Labute approximate surface area is 91.1 Å². The van der Waals surface area contributed by atoms with Gasteiger partial charge < -0.3 is 15.3 Å². The number of hydrogen-bond donors (Lipinski definition) is 3. The zero-order valence-corrected chi connectivity index (χ0v) is 8.51. The van der Waals surface area contributed by atoms with Crippen LogP contribution in [0.1, 0.15) is 6.42 Å². The lowest BCUT2D eigenvalue weighted by Crippen LogP contribution is -2.36. The number of amides is 1. The SMILES string of the molecule is O=C(O)NC1CCN(c2cn[nH]c(=O)c2)C1. The third-order valence-corrected chi connectivity index (χ3v) is 2.53. The molecule has 7 nitrogen and oxygen atoms in total. The number of nitrogens with one attached hydrogen (secondary N) is 2. The van der Waals surface area contributed by atoms with E-state index in [1.165, 1.54) is 6.07 Å². The van der Waals surface area contributed by atoms with Crippen LogP contribution in [0.3, 0.4) is 0 Å². The fraction of sp³-hybridized carbons (Fsp3) is 0.444. The molecule has 7 heteroatoms. The molecule has 2 heterocycles. The quantitative estimate of drug-likeness (QED) is 0.635. The molecule has 0 radical (unpaired) electrons. The van der Waals surface area contributed by atoms with Crippen molar-refractivity contribution >= 4 is 11.8 Å². The summed E-state index contributed by atoms with van der Waals surface area (Å²) in [6.45, 7) is 1.29. The largest absolute Gasteiger partial charge is 0.465 e. The monoisotopic (exact) mass is 224 g/mol. The Hall–Kier alpha value is -2.05. The van der Waals surface area contributed by atoms with Crippen molar-refractivity contribution in [1.82, 2.24) is 15.5 Å². The standard InChI is InChI=1S/C9H12N4O3/c14-8-3-7(4-10-12-8)13-2-1-6(5-13)11-9(15)16/h3-4,6,11H,1-2,5H2,(H,12,14)(H,15,16). The van der Waals surface area contributed by atoms with Gasteiger partial charge >= 0.3 is 6.09 Å². The van der Waals surface area contributed by atoms with E-state index in [2.05, 4.69) is 15.5 Å². The van der Waals surface area contributed by atoms with Crippen molar-refractivity contribution in [3.8, 4) is 0 Å². The third-order valence-electron chi connectivity index (χ3n) is 2.53. The Morgan fingerprint density at radius 3 is 3.19 bits per heavy atom. The second-order valence-electron chi connectivity index (χ2n) is 3.68. The predicted molar refractivity (Wildman–Crippen MR) is 56.6 cm³/mol. The van der Waals surface area contributed by atoms with Crippen molar-refractivity contribution in [1.29, 1.82) is 0 Å². The lowest BCUT2D eigenvalue weighted by molar-refractivity contribution is 0.191. The molecule has 86 valence electrons. The zero-order valence-electron chi connectivity index (χ0n) is 8.51. The number of rotatable bonds is 2. The first-order valence-corrected chi connectivity index (χ1v) is 4.94. The number of carboxylic acid groups (broad SMARTS) is 1. The highest BCUT2D eigenvalue weighted by Crippen LogP contribution is 2.17. The molecule has 1 saturated heterocycles. The van der Waals surface area contributed by atoms with Crippen molar-refractivity contribution in [2.24, 2.45) is 0 Å². The molecule has 1 unspecified atom stereocenters. The van der Waals surface area contributed by atoms with Crippen LogP contribution in [-0.2, 0) is 0 Å². The second kappa shape index (κ2) is 4.21. The number of H-pyrrole nitrogens is 1. The number of carbonyl (C=O) groups is 1. The predicted octanol–water partition coefficient (Wildman–Crippen LogP) is -0.384. The molecule has 1 aliphatic heterocycles. The van der Waals surface area contributed by atoms with Crippen LogP contribution in [0.25, 0.3) is 0 Å². The first kappa shape index (κ1) is 10.5. The Bertz CT molecular complexity index is 444. The lowest BCUT2D eigenvalue weighted by Gasteiger charge is -2.17. The van der Waals surface area contributed by atoms with Crippen LogP contribution in [0.5, 0.6) is 0 Å². The van der Waals surface area contributed by atoms with Gasteiger partial charge in [0.1, 0.15) is 0 Å². The number of anilines is 1. The van der Waals surface area contributed by atoms with Crippen LogP contribution < -0.4 is 15.8 Å². The number of aromatic nitrogens is 2. The van der Waals surface area contributed by atoms with E-state index in [0.717, 1.165) is 18.7 Å². The van der Waals surface area contributed by atoms with Gasteiger partial charge in [-0.1, -0.05) is 0 Å². The Balaban J connectivity index is 2.03. The van der Waals surface area contributed by atoms with E-state index in [1.54, 1.807) is 6.20 Å². The zero-order chi connectivity index (χ0) is 11.5. The second-order valence-corrected chi connectivity index (χ2v) is 3.68. The summed E-state index contributed by atoms with van der Waals surface area (Å²) in [6.07, 6.45) is 1.28. The lowest BCUT2D eigenvalue weighted by atomic mass is 10.3. The summed E-state index contributed by atoms with van der Waals surface area (Å²) in [5.74, 6) is 0. The van der Waals surface area contributed by atoms with E-state index < -0.39 is 6.09 Å². The highest BCUT2D eigenvalue weighted by molar-refractivity contribution is 5.65. The maximum absolute atomic E-state index is 11.1. The summed E-state index contributed by atoms with van der Waals surface area (Å²) >= 11 is 0. The van der Waals surface area contributed by atoms with Crippen molar-refractivity contribution in [2.45, 2.75) is 12.5 Å². The van der Waals surface area contributed by atoms with Gasteiger partial charge in [-0.3, -0.25) is 4.79 Å². The first-order valence-electron chi connectivity index (χ1n) is 4.94. The van der Waals surface area contributed by atoms with Crippen LogP contribution in [0, 0.1) is 0 Å². The number of nitrogens with zero attached hydrogens (tertiary/aromatic N) is 2. The molecule has 1 aliphatic rings. The molecular weight excluding hydrogens is 212 g/mol. The molecule has 16 heavy (non-hydrogen) atoms. The maximum Gasteiger partial charge on any atom is 0.404 e. The normalized spacial score (nSPS) is 19.8. The highest BCUT2D eigenvalue weighted by Gasteiger charge is 2.24. The van der Waals surface area contributed by atoms with E-state index >= 15 is 0 Å². The summed E-state index contributed by atoms with van der Waals surface area (Å²) in [6, 6.07) is 1.37. The molecule has 0 bridgehead atoms. The molecule has 1 aromatic heterocycles. The smallest absolute Gasteiger partial charge is 0.404 e. The van der Waals surface area contributed by atoms with Crippen molar-refractivity contribution in [3.05, 3.63) is 22.6 Å². The van der Waals surface area contributed by atoms with Crippen LogP contribution >= 0.6 is 0 Å². The van der Waals surface area contributed by atoms with Gasteiger partial charge in [0.05, 0.1) is 17.9 Å². The Morgan fingerprint density at radius 1 is 1.69 bits per heavy atom.